The number of hydrogen-bond donors (Lipinski definition) is 1. The first-order chi connectivity index (χ1) is 5.49. The molecule has 0 aliphatic heterocycles. The molecule has 0 fully saturated rings. The summed E-state index contributed by atoms with van der Waals surface area (Å²) < 4.78 is 0. The van der Waals surface area contributed by atoms with Gasteiger partial charge in [-0.15, -0.1) is 0 Å². The third-order valence-corrected chi connectivity index (χ3v) is 2.52. The standard InChI is InChI=1S/C10H21NO.Eu/c1-6-10(12,8(3)4)9(5)11-7-2;/h8,12H,6-7H2,1-5H3;. The van der Waals surface area contributed by atoms with Crippen molar-refractivity contribution in [1.29, 1.82) is 0 Å². The third kappa shape index (κ3) is 4.50. The zero-order valence-corrected chi connectivity index (χ0v) is 11.7. The quantitative estimate of drug-likeness (QED) is 0.791. The molecule has 0 saturated heterocycles. The fourth-order valence-electron chi connectivity index (χ4n) is 1.46. The average Bonchev–Trinajstić information content (AvgIpc) is 2.03. The number of rotatable bonds is 4. The topological polar surface area (TPSA) is 32.6 Å². The van der Waals surface area contributed by atoms with Crippen LogP contribution in [0.4, 0.5) is 0 Å². The molecular weight excluding hydrogens is 302 g/mol. The number of nitrogens with zero attached hydrogens (tertiary/aromatic N) is 1. The Morgan fingerprint density at radius 1 is 1.38 bits per heavy atom. The van der Waals surface area contributed by atoms with Crippen LogP contribution in [-0.4, -0.2) is 23.0 Å². The summed E-state index contributed by atoms with van der Waals surface area (Å²) in [7, 11) is 0. The van der Waals surface area contributed by atoms with Gasteiger partial charge in [0, 0.05) is 61.6 Å². The van der Waals surface area contributed by atoms with E-state index in [0.29, 0.717) is 0 Å². The number of aliphatic imine (C=N–C) groups is 1. The van der Waals surface area contributed by atoms with E-state index in [2.05, 4.69) is 4.99 Å². The van der Waals surface area contributed by atoms with E-state index in [9.17, 15) is 5.11 Å². The van der Waals surface area contributed by atoms with Crippen molar-refractivity contribution in [2.75, 3.05) is 6.54 Å². The maximum atomic E-state index is 10.2. The Bertz CT molecular complexity index is 168. The molecule has 0 aromatic carbocycles. The van der Waals surface area contributed by atoms with Gasteiger partial charge in [0.25, 0.3) is 0 Å². The van der Waals surface area contributed by atoms with Crippen LogP contribution in [0.2, 0.25) is 0 Å². The van der Waals surface area contributed by atoms with Gasteiger partial charge < -0.3 is 5.11 Å². The molecular formula is C10H21EuNO. The third-order valence-electron chi connectivity index (χ3n) is 2.52. The molecule has 13 heavy (non-hydrogen) atoms. The monoisotopic (exact) mass is 324 g/mol. The average molecular weight is 323 g/mol. The van der Waals surface area contributed by atoms with Gasteiger partial charge in [0.05, 0.1) is 0 Å². The Balaban J connectivity index is 0. The zero-order chi connectivity index (χ0) is 9.78. The summed E-state index contributed by atoms with van der Waals surface area (Å²) in [5, 5.41) is 10.2. The first kappa shape index (κ1) is 16.6. The van der Waals surface area contributed by atoms with E-state index in [0.717, 1.165) is 18.7 Å². The maximum Gasteiger partial charge on any atom is 0.104 e. The van der Waals surface area contributed by atoms with E-state index in [1.54, 1.807) is 0 Å². The first-order valence-electron chi connectivity index (χ1n) is 4.72. The Morgan fingerprint density at radius 2 is 1.85 bits per heavy atom. The molecule has 2 nitrogen and oxygen atoms in total. The van der Waals surface area contributed by atoms with Crippen LogP contribution < -0.4 is 0 Å². The number of aliphatic hydroxyl groups is 1. The molecule has 1 unspecified atom stereocenters. The van der Waals surface area contributed by atoms with Crippen molar-refractivity contribution < 1.29 is 54.5 Å². The van der Waals surface area contributed by atoms with Crippen LogP contribution in [0.5, 0.6) is 0 Å². The molecule has 0 aromatic rings. The van der Waals surface area contributed by atoms with Crippen LogP contribution in [0.1, 0.15) is 41.0 Å². The molecule has 0 aliphatic carbocycles. The van der Waals surface area contributed by atoms with Crippen LogP contribution in [0, 0.1) is 55.3 Å². The molecule has 0 saturated carbocycles. The summed E-state index contributed by atoms with van der Waals surface area (Å²) in [5.74, 6) is 0.234. The second kappa shape index (κ2) is 7.50. The van der Waals surface area contributed by atoms with E-state index >= 15 is 0 Å². The van der Waals surface area contributed by atoms with Crippen molar-refractivity contribution in [3.05, 3.63) is 0 Å². The van der Waals surface area contributed by atoms with Crippen molar-refractivity contribution >= 4 is 5.71 Å². The van der Waals surface area contributed by atoms with E-state index in [4.69, 9.17) is 0 Å². The van der Waals surface area contributed by atoms with Gasteiger partial charge in [0.1, 0.15) is 5.60 Å². The van der Waals surface area contributed by atoms with Gasteiger partial charge in [-0.3, -0.25) is 4.99 Å². The van der Waals surface area contributed by atoms with Crippen LogP contribution >= 0.6 is 0 Å². The first-order valence-corrected chi connectivity index (χ1v) is 4.72. The Hall–Kier alpha value is 1.21. The summed E-state index contributed by atoms with van der Waals surface area (Å²) in [5.41, 5.74) is 0.165. The minimum Gasteiger partial charge on any atom is -0.384 e. The molecule has 1 atom stereocenters. The van der Waals surface area contributed by atoms with Crippen LogP contribution in [0.15, 0.2) is 4.99 Å². The Morgan fingerprint density at radius 3 is 2.08 bits per heavy atom. The Kier molecular flexibility index (Phi) is 9.60. The molecule has 1 N–H and O–H groups in total. The van der Waals surface area contributed by atoms with E-state index in [1.807, 2.05) is 34.6 Å². The van der Waals surface area contributed by atoms with Gasteiger partial charge in [0.2, 0.25) is 0 Å². The molecule has 1 radical (unpaired) electrons. The number of hydrogen-bond acceptors (Lipinski definition) is 2. The van der Waals surface area contributed by atoms with Crippen LogP contribution in [0.25, 0.3) is 0 Å². The van der Waals surface area contributed by atoms with Gasteiger partial charge in [-0.25, -0.2) is 0 Å². The van der Waals surface area contributed by atoms with Gasteiger partial charge in [0.15, 0.2) is 0 Å². The predicted octanol–water partition coefficient (Wildman–Crippen LogP) is 2.26. The normalized spacial score (nSPS) is 16.7. The minimum atomic E-state index is -0.698. The summed E-state index contributed by atoms with van der Waals surface area (Å²) >= 11 is 0. The van der Waals surface area contributed by atoms with Crippen molar-refractivity contribution in [3.63, 3.8) is 0 Å². The van der Waals surface area contributed by atoms with Crippen LogP contribution in [-0.2, 0) is 0 Å². The maximum absolute atomic E-state index is 10.2. The van der Waals surface area contributed by atoms with E-state index < -0.39 is 5.60 Å². The second-order valence-electron chi connectivity index (χ2n) is 3.49. The fourth-order valence-corrected chi connectivity index (χ4v) is 1.46. The molecule has 0 spiro atoms. The summed E-state index contributed by atoms with van der Waals surface area (Å²) in [6, 6.07) is 0. The molecule has 0 aliphatic rings. The summed E-state index contributed by atoms with van der Waals surface area (Å²) in [6.07, 6.45) is 0.736. The van der Waals surface area contributed by atoms with E-state index in [-0.39, 0.29) is 55.3 Å². The van der Waals surface area contributed by atoms with Crippen molar-refractivity contribution in [2.45, 2.75) is 46.6 Å². The molecule has 0 bridgehead atoms. The molecule has 0 amide bonds. The van der Waals surface area contributed by atoms with Gasteiger partial charge >= 0.3 is 0 Å². The SMILES string of the molecule is CCN=C(C)C(O)(CC)C(C)C.[Eu]. The van der Waals surface area contributed by atoms with Crippen LogP contribution in [0.3, 0.4) is 0 Å². The van der Waals surface area contributed by atoms with Crippen molar-refractivity contribution in [3.8, 4) is 0 Å². The molecule has 0 heterocycles. The van der Waals surface area contributed by atoms with Crippen molar-refractivity contribution in [1.82, 2.24) is 0 Å². The van der Waals surface area contributed by atoms with Gasteiger partial charge in [-0.1, -0.05) is 20.8 Å². The van der Waals surface area contributed by atoms with Crippen molar-refractivity contribution in [2.24, 2.45) is 10.9 Å². The fraction of sp³-hybridized carbons (Fsp3) is 0.900. The smallest absolute Gasteiger partial charge is 0.104 e. The zero-order valence-electron chi connectivity index (χ0n) is 9.26. The second-order valence-corrected chi connectivity index (χ2v) is 3.49. The van der Waals surface area contributed by atoms with Gasteiger partial charge in [-0.2, -0.15) is 0 Å². The van der Waals surface area contributed by atoms with E-state index in [1.165, 1.54) is 0 Å². The Labute approximate surface area is 123 Å². The molecule has 0 aromatic heterocycles. The largest absolute Gasteiger partial charge is 0.384 e. The summed E-state index contributed by atoms with van der Waals surface area (Å²) in [4.78, 5) is 4.26. The predicted molar refractivity (Wildman–Crippen MR) is 53.7 cm³/mol. The summed E-state index contributed by atoms with van der Waals surface area (Å²) in [6.45, 7) is 10.7. The molecule has 79 valence electrons. The van der Waals surface area contributed by atoms with Gasteiger partial charge in [-0.05, 0) is 26.2 Å². The molecule has 0 rings (SSSR count). The minimum absolute atomic E-state index is 0. The molecule has 3 heteroatoms.